The number of aromatic nitrogens is 4. The first-order valence-electron chi connectivity index (χ1n) is 10.4. The molecular weight excluding hydrogens is 402 g/mol. The van der Waals surface area contributed by atoms with Crippen LogP contribution in [0.3, 0.4) is 0 Å². The molecule has 0 saturated heterocycles. The minimum atomic E-state index is -0.906. The zero-order chi connectivity index (χ0) is 22.7. The summed E-state index contributed by atoms with van der Waals surface area (Å²) in [6, 6.07) is 19.4. The molecule has 2 aromatic carbocycles. The van der Waals surface area contributed by atoms with Crippen LogP contribution >= 0.6 is 0 Å². The van der Waals surface area contributed by atoms with Gasteiger partial charge in [0.1, 0.15) is 11.6 Å². The predicted molar refractivity (Wildman–Crippen MR) is 123 cm³/mol. The summed E-state index contributed by atoms with van der Waals surface area (Å²) in [6.45, 7) is 5.51. The van der Waals surface area contributed by atoms with Crippen LogP contribution in [0.4, 0.5) is 5.82 Å². The molecule has 4 aromatic rings. The van der Waals surface area contributed by atoms with Crippen molar-refractivity contribution in [2.75, 3.05) is 5.32 Å². The number of hydrogen-bond acceptors (Lipinski definition) is 5. The van der Waals surface area contributed by atoms with E-state index in [-0.39, 0.29) is 5.82 Å². The largest absolute Gasteiger partial charge is 0.386 e. The second-order valence-electron chi connectivity index (χ2n) is 8.24. The van der Waals surface area contributed by atoms with E-state index < -0.39 is 11.5 Å². The van der Waals surface area contributed by atoms with Crippen molar-refractivity contribution in [3.8, 4) is 11.1 Å². The molecule has 2 heterocycles. The first-order valence-corrected chi connectivity index (χ1v) is 10.4. The van der Waals surface area contributed by atoms with Gasteiger partial charge in [0.15, 0.2) is 0 Å². The third kappa shape index (κ3) is 4.90. The number of carbonyl (C=O) groups excluding carboxylic acids is 1. The fourth-order valence-electron chi connectivity index (χ4n) is 3.47. The third-order valence-corrected chi connectivity index (χ3v) is 5.19. The van der Waals surface area contributed by atoms with Gasteiger partial charge in [0.25, 0.3) is 5.91 Å². The van der Waals surface area contributed by atoms with Crippen molar-refractivity contribution in [1.82, 2.24) is 20.2 Å². The molecule has 7 heteroatoms. The van der Waals surface area contributed by atoms with E-state index in [1.807, 2.05) is 67.6 Å². The standard InChI is InChI=1S/C25H25N5O2/c1-16-13-19(25(2,3)32)9-10-20(16)18-11-12-26-21(15-18)28-24(31)23-27-22(29-30-23)14-17-7-5-4-6-8-17/h4-13,15,32H,14H2,1-3H3,(H,26,28,31)(H,27,29,30). The fraction of sp³-hybridized carbons (Fsp3) is 0.200. The van der Waals surface area contributed by atoms with E-state index in [1.54, 1.807) is 20.0 Å². The minimum absolute atomic E-state index is 0.0637. The molecule has 0 radical (unpaired) electrons. The maximum absolute atomic E-state index is 12.6. The van der Waals surface area contributed by atoms with Crippen molar-refractivity contribution in [2.45, 2.75) is 32.8 Å². The van der Waals surface area contributed by atoms with Crippen molar-refractivity contribution >= 4 is 11.7 Å². The molecule has 0 aliphatic rings. The van der Waals surface area contributed by atoms with Gasteiger partial charge in [0.05, 0.1) is 5.60 Å². The summed E-state index contributed by atoms with van der Waals surface area (Å²) in [5.74, 6) is 0.659. The van der Waals surface area contributed by atoms with E-state index >= 15 is 0 Å². The summed E-state index contributed by atoms with van der Waals surface area (Å²) >= 11 is 0. The van der Waals surface area contributed by atoms with Crippen LogP contribution in [0.1, 0.15) is 47.0 Å². The van der Waals surface area contributed by atoms with Crippen LogP contribution in [0.25, 0.3) is 11.1 Å². The SMILES string of the molecule is Cc1cc(C(C)(C)O)ccc1-c1ccnc(NC(=O)c2n[nH]c(Cc3ccccc3)n2)c1. The Labute approximate surface area is 186 Å². The Bertz CT molecular complexity index is 1240. The second-order valence-corrected chi connectivity index (χ2v) is 8.24. The Balaban J connectivity index is 1.49. The average molecular weight is 428 g/mol. The predicted octanol–water partition coefficient (Wildman–Crippen LogP) is 4.25. The minimum Gasteiger partial charge on any atom is -0.386 e. The van der Waals surface area contributed by atoms with Crippen LogP contribution < -0.4 is 5.32 Å². The molecule has 1 amide bonds. The molecule has 3 N–H and O–H groups in total. The number of amides is 1. The molecule has 162 valence electrons. The quantitative estimate of drug-likeness (QED) is 0.427. The van der Waals surface area contributed by atoms with Crippen molar-refractivity contribution in [3.05, 3.63) is 95.2 Å². The average Bonchev–Trinajstić information content (AvgIpc) is 3.22. The van der Waals surface area contributed by atoms with Gasteiger partial charge in [0.2, 0.25) is 5.82 Å². The summed E-state index contributed by atoms with van der Waals surface area (Å²) in [7, 11) is 0. The normalized spacial score (nSPS) is 11.4. The molecular formula is C25H25N5O2. The first-order chi connectivity index (χ1) is 15.3. The molecule has 0 saturated carbocycles. The van der Waals surface area contributed by atoms with E-state index in [0.29, 0.717) is 18.1 Å². The number of rotatable bonds is 6. The van der Waals surface area contributed by atoms with E-state index in [0.717, 1.165) is 27.8 Å². The lowest BCUT2D eigenvalue weighted by molar-refractivity contribution is 0.0785. The summed E-state index contributed by atoms with van der Waals surface area (Å²) in [4.78, 5) is 21.2. The summed E-state index contributed by atoms with van der Waals surface area (Å²) in [5.41, 5.74) is 3.95. The van der Waals surface area contributed by atoms with E-state index in [4.69, 9.17) is 0 Å². The van der Waals surface area contributed by atoms with Crippen molar-refractivity contribution in [3.63, 3.8) is 0 Å². The number of benzene rings is 2. The maximum Gasteiger partial charge on any atom is 0.296 e. The molecule has 0 spiro atoms. The zero-order valence-corrected chi connectivity index (χ0v) is 18.3. The lowest BCUT2D eigenvalue weighted by Gasteiger charge is -2.19. The van der Waals surface area contributed by atoms with Gasteiger partial charge in [-0.1, -0.05) is 48.5 Å². The molecule has 0 fully saturated rings. The van der Waals surface area contributed by atoms with Crippen LogP contribution in [-0.2, 0) is 12.0 Å². The Morgan fingerprint density at radius 2 is 1.88 bits per heavy atom. The Kier molecular flexibility index (Phi) is 5.83. The van der Waals surface area contributed by atoms with Gasteiger partial charge in [-0.2, -0.15) is 0 Å². The molecule has 4 rings (SSSR count). The van der Waals surface area contributed by atoms with E-state index in [9.17, 15) is 9.90 Å². The number of carbonyl (C=O) groups is 1. The Hall–Kier alpha value is -3.84. The summed E-state index contributed by atoms with van der Waals surface area (Å²) < 4.78 is 0. The molecule has 2 aromatic heterocycles. The van der Waals surface area contributed by atoms with Crippen molar-refractivity contribution < 1.29 is 9.90 Å². The summed E-state index contributed by atoms with van der Waals surface area (Å²) in [6.07, 6.45) is 2.21. The lowest BCUT2D eigenvalue weighted by atomic mass is 9.92. The third-order valence-electron chi connectivity index (χ3n) is 5.19. The number of nitrogens with one attached hydrogen (secondary N) is 2. The number of pyridine rings is 1. The van der Waals surface area contributed by atoms with Crippen LogP contribution in [0, 0.1) is 6.92 Å². The van der Waals surface area contributed by atoms with E-state index in [2.05, 4.69) is 25.5 Å². The van der Waals surface area contributed by atoms with Crippen molar-refractivity contribution in [1.29, 1.82) is 0 Å². The number of hydrogen-bond donors (Lipinski definition) is 3. The number of aryl methyl sites for hydroxylation is 1. The summed E-state index contributed by atoms with van der Waals surface area (Å²) in [5, 5.41) is 19.9. The van der Waals surface area contributed by atoms with Gasteiger partial charge in [-0.25, -0.2) is 9.97 Å². The smallest absolute Gasteiger partial charge is 0.296 e. The first kappa shape index (κ1) is 21.4. The fourth-order valence-corrected chi connectivity index (χ4v) is 3.47. The molecule has 7 nitrogen and oxygen atoms in total. The van der Waals surface area contributed by atoms with Crippen LogP contribution in [0.2, 0.25) is 0 Å². The number of anilines is 1. The highest BCUT2D eigenvalue weighted by atomic mass is 16.3. The van der Waals surface area contributed by atoms with Crippen LogP contribution in [-0.4, -0.2) is 31.2 Å². The second kappa shape index (κ2) is 8.72. The highest BCUT2D eigenvalue weighted by Crippen LogP contribution is 2.29. The van der Waals surface area contributed by atoms with E-state index in [1.165, 1.54) is 0 Å². The molecule has 0 aliphatic heterocycles. The lowest BCUT2D eigenvalue weighted by Crippen LogP contribution is -2.15. The monoisotopic (exact) mass is 427 g/mol. The molecule has 0 bridgehead atoms. The highest BCUT2D eigenvalue weighted by molar-refractivity contribution is 6.01. The molecule has 32 heavy (non-hydrogen) atoms. The van der Waals surface area contributed by atoms with Crippen molar-refractivity contribution in [2.24, 2.45) is 0 Å². The topological polar surface area (TPSA) is 104 Å². The molecule has 0 atom stereocenters. The number of nitrogens with zero attached hydrogens (tertiary/aromatic N) is 3. The van der Waals surface area contributed by atoms with Gasteiger partial charge >= 0.3 is 0 Å². The molecule has 0 aliphatic carbocycles. The highest BCUT2D eigenvalue weighted by Gasteiger charge is 2.18. The number of aliphatic hydroxyl groups is 1. The molecule has 0 unspecified atom stereocenters. The number of H-pyrrole nitrogens is 1. The van der Waals surface area contributed by atoms with Gasteiger partial charge in [0, 0.05) is 12.6 Å². The van der Waals surface area contributed by atoms with Gasteiger partial charge in [-0.05, 0) is 60.7 Å². The maximum atomic E-state index is 12.6. The van der Waals surface area contributed by atoms with Crippen LogP contribution in [0.15, 0.2) is 66.9 Å². The number of aromatic amines is 1. The Morgan fingerprint density at radius 3 is 2.59 bits per heavy atom. The van der Waals surface area contributed by atoms with Gasteiger partial charge in [-0.3, -0.25) is 9.89 Å². The van der Waals surface area contributed by atoms with Gasteiger partial charge < -0.3 is 10.4 Å². The van der Waals surface area contributed by atoms with Crippen LogP contribution in [0.5, 0.6) is 0 Å². The van der Waals surface area contributed by atoms with Gasteiger partial charge in [-0.15, -0.1) is 5.10 Å². The Morgan fingerprint density at radius 1 is 1.09 bits per heavy atom. The zero-order valence-electron chi connectivity index (χ0n) is 18.3.